The monoisotopic (exact) mass is 288 g/mol. The fraction of sp³-hybridized carbons (Fsp3) is 0.0909. The molecule has 0 fully saturated rings. The molecule has 100 valence electrons. The summed E-state index contributed by atoms with van der Waals surface area (Å²) in [6.45, 7) is 0.00573. The summed E-state index contributed by atoms with van der Waals surface area (Å²) in [6, 6.07) is 1.12. The zero-order valence-electron chi connectivity index (χ0n) is 9.28. The highest BCUT2D eigenvalue weighted by Crippen LogP contribution is 2.19. The van der Waals surface area contributed by atoms with Crippen molar-refractivity contribution in [3.63, 3.8) is 0 Å². The van der Waals surface area contributed by atoms with Crippen LogP contribution in [0.25, 0.3) is 0 Å². The third kappa shape index (κ3) is 3.02. The van der Waals surface area contributed by atoms with Crippen molar-refractivity contribution in [1.29, 1.82) is 0 Å². The van der Waals surface area contributed by atoms with Crippen LogP contribution in [0.1, 0.15) is 15.5 Å². The Hall–Kier alpha value is -2.09. The topological polar surface area (TPSA) is 62.2 Å². The number of aromatic carboxylic acids is 1. The molecule has 19 heavy (non-hydrogen) atoms. The standard InChI is InChI=1S/C11H7F3N2O2S/c12-6-1-8(14)9(2-7(6)13)15-3-5-4-19-10(16-5)11(17)18/h1-2,4,15H,3H2,(H,17,18). The van der Waals surface area contributed by atoms with Crippen LogP contribution in [0.2, 0.25) is 0 Å². The van der Waals surface area contributed by atoms with Crippen LogP contribution in [0.4, 0.5) is 18.9 Å². The van der Waals surface area contributed by atoms with E-state index in [9.17, 15) is 18.0 Å². The summed E-state index contributed by atoms with van der Waals surface area (Å²) in [4.78, 5) is 14.4. The van der Waals surface area contributed by atoms with Crippen molar-refractivity contribution in [2.24, 2.45) is 0 Å². The molecular weight excluding hydrogens is 281 g/mol. The molecule has 0 aliphatic rings. The third-order valence-electron chi connectivity index (χ3n) is 2.20. The average molecular weight is 288 g/mol. The van der Waals surface area contributed by atoms with Gasteiger partial charge in [0.05, 0.1) is 17.9 Å². The Kier molecular flexibility index (Phi) is 3.70. The van der Waals surface area contributed by atoms with Crippen LogP contribution in [0.3, 0.4) is 0 Å². The first-order chi connectivity index (χ1) is 8.97. The van der Waals surface area contributed by atoms with Gasteiger partial charge in [-0.25, -0.2) is 22.9 Å². The minimum atomic E-state index is -1.27. The fourth-order valence-corrected chi connectivity index (χ4v) is 1.98. The van der Waals surface area contributed by atoms with Crippen LogP contribution in [0.5, 0.6) is 0 Å². The molecule has 0 radical (unpaired) electrons. The van der Waals surface area contributed by atoms with Gasteiger partial charge in [-0.2, -0.15) is 0 Å². The first-order valence-corrected chi connectivity index (χ1v) is 5.91. The molecule has 1 heterocycles. The van der Waals surface area contributed by atoms with E-state index in [0.717, 1.165) is 11.3 Å². The number of aromatic nitrogens is 1. The molecule has 1 aromatic carbocycles. The van der Waals surface area contributed by atoms with Gasteiger partial charge in [0.2, 0.25) is 5.01 Å². The van der Waals surface area contributed by atoms with Crippen LogP contribution in [-0.2, 0) is 6.54 Å². The van der Waals surface area contributed by atoms with Gasteiger partial charge in [0, 0.05) is 17.5 Å². The zero-order chi connectivity index (χ0) is 14.0. The van der Waals surface area contributed by atoms with Gasteiger partial charge in [-0.05, 0) is 0 Å². The van der Waals surface area contributed by atoms with Crippen molar-refractivity contribution in [3.8, 4) is 0 Å². The van der Waals surface area contributed by atoms with Crippen molar-refractivity contribution >= 4 is 23.0 Å². The van der Waals surface area contributed by atoms with Gasteiger partial charge in [0.25, 0.3) is 0 Å². The first-order valence-electron chi connectivity index (χ1n) is 5.03. The predicted molar refractivity (Wildman–Crippen MR) is 62.7 cm³/mol. The maximum atomic E-state index is 13.3. The van der Waals surface area contributed by atoms with E-state index in [1.165, 1.54) is 5.38 Å². The molecule has 8 heteroatoms. The van der Waals surface area contributed by atoms with Crippen molar-refractivity contribution in [2.45, 2.75) is 6.54 Å². The van der Waals surface area contributed by atoms with Gasteiger partial charge in [-0.1, -0.05) is 0 Å². The molecule has 1 aromatic heterocycles. The first kappa shape index (κ1) is 13.3. The van der Waals surface area contributed by atoms with Crippen LogP contribution in [0, 0.1) is 17.5 Å². The Labute approximate surface area is 109 Å². The molecular formula is C11H7F3N2O2S. The van der Waals surface area contributed by atoms with E-state index < -0.39 is 23.4 Å². The van der Waals surface area contributed by atoms with E-state index in [1.807, 2.05) is 0 Å². The SMILES string of the molecule is O=C(O)c1nc(CNc2cc(F)c(F)cc2F)cs1. The van der Waals surface area contributed by atoms with Gasteiger partial charge in [-0.15, -0.1) is 11.3 Å². The molecule has 2 rings (SSSR count). The van der Waals surface area contributed by atoms with Crippen molar-refractivity contribution in [2.75, 3.05) is 5.32 Å². The molecule has 0 aliphatic heterocycles. The van der Waals surface area contributed by atoms with E-state index in [0.29, 0.717) is 17.8 Å². The number of thiazole rings is 1. The molecule has 0 unspecified atom stereocenters. The van der Waals surface area contributed by atoms with Crippen molar-refractivity contribution in [1.82, 2.24) is 4.98 Å². The number of carbonyl (C=O) groups is 1. The van der Waals surface area contributed by atoms with Crippen LogP contribution < -0.4 is 5.32 Å². The molecule has 0 saturated heterocycles. The van der Waals surface area contributed by atoms with E-state index in [4.69, 9.17) is 5.11 Å². The van der Waals surface area contributed by atoms with Gasteiger partial charge >= 0.3 is 5.97 Å². The zero-order valence-corrected chi connectivity index (χ0v) is 10.1. The number of halogens is 3. The van der Waals surface area contributed by atoms with Gasteiger partial charge < -0.3 is 10.4 Å². The normalized spacial score (nSPS) is 10.5. The van der Waals surface area contributed by atoms with E-state index in [-0.39, 0.29) is 17.2 Å². The van der Waals surface area contributed by atoms with Crippen molar-refractivity contribution in [3.05, 3.63) is 45.7 Å². The molecule has 0 atom stereocenters. The molecule has 4 nitrogen and oxygen atoms in total. The second kappa shape index (κ2) is 5.27. The molecule has 0 spiro atoms. The van der Waals surface area contributed by atoms with Crippen LogP contribution in [-0.4, -0.2) is 16.1 Å². The Morgan fingerprint density at radius 3 is 2.58 bits per heavy atom. The number of rotatable bonds is 4. The number of carboxylic acid groups (broad SMARTS) is 1. The molecule has 0 saturated carbocycles. The van der Waals surface area contributed by atoms with Crippen LogP contribution in [0.15, 0.2) is 17.5 Å². The highest BCUT2D eigenvalue weighted by Gasteiger charge is 2.11. The van der Waals surface area contributed by atoms with E-state index in [2.05, 4.69) is 10.3 Å². The molecule has 2 N–H and O–H groups in total. The minimum absolute atomic E-state index is 0.00573. The lowest BCUT2D eigenvalue weighted by Gasteiger charge is -2.06. The maximum absolute atomic E-state index is 13.3. The summed E-state index contributed by atoms with van der Waals surface area (Å²) in [5.74, 6) is -4.54. The van der Waals surface area contributed by atoms with Gasteiger partial charge in [-0.3, -0.25) is 0 Å². The summed E-state index contributed by atoms with van der Waals surface area (Å²) in [7, 11) is 0. The number of nitrogens with one attached hydrogen (secondary N) is 1. The quantitative estimate of drug-likeness (QED) is 0.849. The number of hydrogen-bond acceptors (Lipinski definition) is 4. The fourth-order valence-electron chi connectivity index (χ4n) is 1.33. The summed E-state index contributed by atoms with van der Waals surface area (Å²) in [5.41, 5.74) is 0.148. The number of benzene rings is 1. The number of anilines is 1. The number of nitrogens with zero attached hydrogens (tertiary/aromatic N) is 1. The number of hydrogen-bond donors (Lipinski definition) is 2. The van der Waals surface area contributed by atoms with Gasteiger partial charge in [0.15, 0.2) is 11.6 Å². The Morgan fingerprint density at radius 1 is 1.26 bits per heavy atom. The Morgan fingerprint density at radius 2 is 1.95 bits per heavy atom. The lowest BCUT2D eigenvalue weighted by molar-refractivity contribution is 0.0696. The molecule has 0 bridgehead atoms. The largest absolute Gasteiger partial charge is 0.476 e. The smallest absolute Gasteiger partial charge is 0.365 e. The number of carboxylic acids is 1. The maximum Gasteiger partial charge on any atom is 0.365 e. The summed E-state index contributed by atoms with van der Waals surface area (Å²) < 4.78 is 38.9. The van der Waals surface area contributed by atoms with Gasteiger partial charge in [0.1, 0.15) is 5.82 Å². The second-order valence-corrected chi connectivity index (χ2v) is 4.41. The second-order valence-electron chi connectivity index (χ2n) is 3.55. The van der Waals surface area contributed by atoms with E-state index in [1.54, 1.807) is 0 Å². The lowest BCUT2D eigenvalue weighted by Crippen LogP contribution is -2.04. The van der Waals surface area contributed by atoms with Crippen LogP contribution >= 0.6 is 11.3 Å². The lowest BCUT2D eigenvalue weighted by atomic mass is 10.2. The Balaban J connectivity index is 2.09. The predicted octanol–water partition coefficient (Wildman–Crippen LogP) is 2.87. The van der Waals surface area contributed by atoms with Crippen molar-refractivity contribution < 1.29 is 23.1 Å². The average Bonchev–Trinajstić information content (AvgIpc) is 2.81. The highest BCUT2D eigenvalue weighted by molar-refractivity contribution is 7.11. The summed E-state index contributed by atoms with van der Waals surface area (Å²) in [5, 5.41) is 12.6. The summed E-state index contributed by atoms with van der Waals surface area (Å²) in [6.07, 6.45) is 0. The Bertz CT molecular complexity index is 630. The molecule has 0 amide bonds. The minimum Gasteiger partial charge on any atom is -0.476 e. The molecule has 0 aliphatic carbocycles. The highest BCUT2D eigenvalue weighted by atomic mass is 32.1. The summed E-state index contributed by atoms with van der Waals surface area (Å²) >= 11 is 0.924. The third-order valence-corrected chi connectivity index (χ3v) is 3.08. The molecule has 2 aromatic rings. The van der Waals surface area contributed by atoms with E-state index >= 15 is 0 Å².